The Morgan fingerprint density at radius 1 is 0.946 bits per heavy atom. The zero-order valence-corrected chi connectivity index (χ0v) is 20.3. The molecule has 1 saturated heterocycles. The lowest BCUT2D eigenvalue weighted by Crippen LogP contribution is -2.57. The minimum absolute atomic E-state index is 0.0476. The third-order valence-electron chi connectivity index (χ3n) is 6.04. The standard InChI is InChI=1S/C24H33N5O8/c25-15(8-10-19(26)30)21(33)27-16(9-11-20(31)32)22(34)28-17(13-14-5-2-1-3-6-14)23(35)29-12-4-7-18(29)24(36)37/h1-3,5-6,15-18H,4,7-13,25H2,(H2,26,30)(H,27,33)(H,28,34)(H,31,32)(H,36,37). The van der Waals surface area contributed by atoms with E-state index >= 15 is 0 Å². The van der Waals surface area contributed by atoms with Crippen molar-refractivity contribution in [2.24, 2.45) is 11.5 Å². The van der Waals surface area contributed by atoms with Gasteiger partial charge < -0.3 is 37.2 Å². The van der Waals surface area contributed by atoms with Crippen LogP contribution in [0.1, 0.15) is 44.1 Å². The SMILES string of the molecule is NC(=O)CCC(N)C(=O)NC(CCC(=O)O)C(=O)NC(Cc1ccccc1)C(=O)N1CCCC1C(=O)O. The Morgan fingerprint density at radius 3 is 2.19 bits per heavy atom. The van der Waals surface area contributed by atoms with Crippen molar-refractivity contribution in [3.8, 4) is 0 Å². The summed E-state index contributed by atoms with van der Waals surface area (Å²) in [4.78, 5) is 74.0. The summed E-state index contributed by atoms with van der Waals surface area (Å²) in [5.41, 5.74) is 11.5. The van der Waals surface area contributed by atoms with Gasteiger partial charge in [-0.05, 0) is 31.2 Å². The zero-order valence-electron chi connectivity index (χ0n) is 20.3. The second kappa shape index (κ2) is 13.9. The second-order valence-electron chi connectivity index (χ2n) is 8.88. The molecule has 0 aromatic heterocycles. The number of hydrogen-bond acceptors (Lipinski definition) is 7. The molecule has 1 fully saturated rings. The van der Waals surface area contributed by atoms with Crippen LogP contribution in [-0.4, -0.2) is 81.4 Å². The fraction of sp³-hybridized carbons (Fsp3) is 0.500. The van der Waals surface area contributed by atoms with Gasteiger partial charge in [0, 0.05) is 25.8 Å². The van der Waals surface area contributed by atoms with Gasteiger partial charge in [-0.1, -0.05) is 30.3 Å². The van der Waals surface area contributed by atoms with Crippen molar-refractivity contribution < 1.29 is 39.0 Å². The van der Waals surface area contributed by atoms with Gasteiger partial charge >= 0.3 is 11.9 Å². The van der Waals surface area contributed by atoms with Gasteiger partial charge in [0.15, 0.2) is 0 Å². The number of amides is 4. The Balaban J connectivity index is 2.23. The van der Waals surface area contributed by atoms with E-state index in [0.717, 1.165) is 0 Å². The first-order chi connectivity index (χ1) is 17.5. The van der Waals surface area contributed by atoms with Gasteiger partial charge in [-0.15, -0.1) is 0 Å². The van der Waals surface area contributed by atoms with Gasteiger partial charge in [-0.25, -0.2) is 4.79 Å². The van der Waals surface area contributed by atoms with E-state index in [4.69, 9.17) is 16.6 Å². The summed E-state index contributed by atoms with van der Waals surface area (Å²) < 4.78 is 0. The number of hydrogen-bond donors (Lipinski definition) is 6. The molecule has 1 aliphatic heterocycles. The first kappa shape index (κ1) is 29.2. The fourth-order valence-electron chi connectivity index (χ4n) is 4.05. The molecule has 0 spiro atoms. The van der Waals surface area contributed by atoms with Crippen LogP contribution in [0.4, 0.5) is 0 Å². The summed E-state index contributed by atoms with van der Waals surface area (Å²) >= 11 is 0. The van der Waals surface area contributed by atoms with Crippen molar-refractivity contribution in [2.45, 2.75) is 69.1 Å². The lowest BCUT2D eigenvalue weighted by Gasteiger charge is -2.29. The molecule has 37 heavy (non-hydrogen) atoms. The molecule has 4 amide bonds. The van der Waals surface area contributed by atoms with E-state index in [1.54, 1.807) is 30.3 Å². The highest BCUT2D eigenvalue weighted by Gasteiger charge is 2.38. The predicted octanol–water partition coefficient (Wildman–Crippen LogP) is -1.27. The summed E-state index contributed by atoms with van der Waals surface area (Å²) in [5.74, 6) is -5.22. The molecule has 4 atom stereocenters. The molecule has 1 aromatic carbocycles. The molecule has 1 heterocycles. The van der Waals surface area contributed by atoms with Crippen LogP contribution in [0.5, 0.6) is 0 Å². The third kappa shape index (κ3) is 9.18. The van der Waals surface area contributed by atoms with Crippen molar-refractivity contribution in [1.29, 1.82) is 0 Å². The maximum absolute atomic E-state index is 13.4. The number of carboxylic acids is 2. The lowest BCUT2D eigenvalue weighted by molar-refractivity contribution is -0.149. The molecule has 8 N–H and O–H groups in total. The highest BCUT2D eigenvalue weighted by molar-refractivity contribution is 5.94. The second-order valence-corrected chi connectivity index (χ2v) is 8.88. The molecule has 1 aromatic rings. The summed E-state index contributed by atoms with van der Waals surface area (Å²) in [7, 11) is 0. The van der Waals surface area contributed by atoms with Crippen LogP contribution in [0.15, 0.2) is 30.3 Å². The molecular formula is C24H33N5O8. The fourth-order valence-corrected chi connectivity index (χ4v) is 4.05. The molecule has 4 unspecified atom stereocenters. The molecule has 0 aliphatic carbocycles. The minimum Gasteiger partial charge on any atom is -0.481 e. The third-order valence-corrected chi connectivity index (χ3v) is 6.04. The van der Waals surface area contributed by atoms with Gasteiger partial charge in [0.05, 0.1) is 6.04 Å². The number of nitrogens with two attached hydrogens (primary N) is 2. The Bertz CT molecular complexity index is 1000. The predicted molar refractivity (Wildman–Crippen MR) is 130 cm³/mol. The number of carboxylic acid groups (broad SMARTS) is 2. The van der Waals surface area contributed by atoms with Crippen molar-refractivity contribution in [3.05, 3.63) is 35.9 Å². The molecular weight excluding hydrogens is 486 g/mol. The lowest BCUT2D eigenvalue weighted by atomic mass is 10.0. The normalized spacial score (nSPS) is 17.3. The number of carbonyl (C=O) groups excluding carboxylic acids is 4. The summed E-state index contributed by atoms with van der Waals surface area (Å²) in [5, 5.41) is 23.5. The van der Waals surface area contributed by atoms with Gasteiger partial charge in [0.25, 0.3) is 0 Å². The van der Waals surface area contributed by atoms with Crippen LogP contribution in [0.25, 0.3) is 0 Å². The average Bonchev–Trinajstić information content (AvgIpc) is 3.35. The van der Waals surface area contributed by atoms with E-state index in [9.17, 15) is 33.9 Å². The van der Waals surface area contributed by atoms with Gasteiger partial charge in [-0.3, -0.25) is 24.0 Å². The Labute approximate surface area is 213 Å². The number of carbonyl (C=O) groups is 6. The number of rotatable bonds is 14. The monoisotopic (exact) mass is 519 g/mol. The van der Waals surface area contributed by atoms with E-state index in [-0.39, 0.29) is 38.6 Å². The molecule has 0 saturated carbocycles. The minimum atomic E-state index is -1.34. The average molecular weight is 520 g/mol. The first-order valence-corrected chi connectivity index (χ1v) is 11.9. The summed E-state index contributed by atoms with van der Waals surface area (Å²) in [6.07, 6.45) is -0.152. The Morgan fingerprint density at radius 2 is 1.59 bits per heavy atom. The van der Waals surface area contributed by atoms with E-state index in [0.29, 0.717) is 12.0 Å². The number of nitrogens with one attached hydrogen (secondary N) is 2. The topological polar surface area (TPSA) is 222 Å². The molecule has 13 heteroatoms. The molecule has 13 nitrogen and oxygen atoms in total. The Kier molecular flexibility index (Phi) is 11.0. The van der Waals surface area contributed by atoms with E-state index in [1.165, 1.54) is 4.90 Å². The Hall–Kier alpha value is -4.00. The molecule has 0 radical (unpaired) electrons. The van der Waals surface area contributed by atoms with Gasteiger partial charge in [0.1, 0.15) is 18.1 Å². The van der Waals surface area contributed by atoms with E-state index < -0.39 is 66.2 Å². The summed E-state index contributed by atoms with van der Waals surface area (Å²) in [6.45, 7) is 0.213. The first-order valence-electron chi connectivity index (χ1n) is 11.9. The van der Waals surface area contributed by atoms with Gasteiger partial charge in [-0.2, -0.15) is 0 Å². The quantitative estimate of drug-likeness (QED) is 0.172. The van der Waals surface area contributed by atoms with Crippen molar-refractivity contribution in [1.82, 2.24) is 15.5 Å². The maximum Gasteiger partial charge on any atom is 0.326 e. The number of aliphatic carboxylic acids is 2. The van der Waals surface area contributed by atoms with Crippen LogP contribution in [-0.2, 0) is 35.2 Å². The largest absolute Gasteiger partial charge is 0.481 e. The van der Waals surface area contributed by atoms with Crippen molar-refractivity contribution in [2.75, 3.05) is 6.54 Å². The number of benzene rings is 1. The molecule has 2 rings (SSSR count). The van der Waals surface area contributed by atoms with E-state index in [2.05, 4.69) is 10.6 Å². The van der Waals surface area contributed by atoms with Crippen LogP contribution in [0.2, 0.25) is 0 Å². The molecule has 202 valence electrons. The summed E-state index contributed by atoms with van der Waals surface area (Å²) in [6, 6.07) is 4.06. The maximum atomic E-state index is 13.4. The molecule has 1 aliphatic rings. The van der Waals surface area contributed by atoms with Crippen LogP contribution in [0.3, 0.4) is 0 Å². The van der Waals surface area contributed by atoms with Gasteiger partial charge in [0.2, 0.25) is 23.6 Å². The van der Waals surface area contributed by atoms with Crippen molar-refractivity contribution in [3.63, 3.8) is 0 Å². The van der Waals surface area contributed by atoms with Crippen LogP contribution >= 0.6 is 0 Å². The van der Waals surface area contributed by atoms with E-state index in [1.807, 2.05) is 0 Å². The zero-order chi connectivity index (χ0) is 27.5. The number of primary amides is 1. The molecule has 0 bridgehead atoms. The highest BCUT2D eigenvalue weighted by Crippen LogP contribution is 2.20. The smallest absolute Gasteiger partial charge is 0.326 e. The number of likely N-dealkylation sites (tertiary alicyclic amines) is 1. The van der Waals surface area contributed by atoms with Crippen molar-refractivity contribution >= 4 is 35.6 Å². The van der Waals surface area contributed by atoms with Crippen LogP contribution in [0, 0.1) is 0 Å². The highest BCUT2D eigenvalue weighted by atomic mass is 16.4. The van der Waals surface area contributed by atoms with Crippen LogP contribution < -0.4 is 22.1 Å². The number of nitrogens with zero attached hydrogens (tertiary/aromatic N) is 1.